The van der Waals surface area contributed by atoms with Gasteiger partial charge in [-0.25, -0.2) is 4.98 Å². The Morgan fingerprint density at radius 1 is 1.39 bits per heavy atom. The lowest BCUT2D eigenvalue weighted by atomic mass is 10.0. The Hall–Kier alpha value is -1.92. The first kappa shape index (κ1) is 14.7. The van der Waals surface area contributed by atoms with Crippen LogP contribution in [0.1, 0.15) is 24.1 Å². The summed E-state index contributed by atoms with van der Waals surface area (Å²) in [5.74, 6) is 0.695. The lowest BCUT2D eigenvalue weighted by molar-refractivity contribution is 0.208. The number of nitrogens with one attached hydrogen (secondary N) is 1. The van der Waals surface area contributed by atoms with Gasteiger partial charge in [-0.1, -0.05) is 6.07 Å². The molecule has 0 amide bonds. The normalized spacial score (nSPS) is 18.2. The summed E-state index contributed by atoms with van der Waals surface area (Å²) in [5.41, 5.74) is 3.08. The van der Waals surface area contributed by atoms with Gasteiger partial charge in [0.05, 0.1) is 29.0 Å². The zero-order valence-electron chi connectivity index (χ0n) is 12.9. The molecule has 2 aromatic heterocycles. The predicted octanol–water partition coefficient (Wildman–Crippen LogP) is 2.55. The maximum atomic E-state index is 12.5. The van der Waals surface area contributed by atoms with Gasteiger partial charge in [0.25, 0.3) is 5.56 Å². The van der Waals surface area contributed by atoms with Crippen molar-refractivity contribution in [1.82, 2.24) is 14.9 Å². The number of H-pyrrole nitrogens is 1. The summed E-state index contributed by atoms with van der Waals surface area (Å²) >= 11 is 1.59. The minimum absolute atomic E-state index is 0.00280. The lowest BCUT2D eigenvalue weighted by Gasteiger charge is -2.29. The van der Waals surface area contributed by atoms with Crippen LogP contribution in [0, 0.1) is 0 Å². The monoisotopic (exact) mass is 329 g/mol. The first-order chi connectivity index (χ1) is 11.3. The molecule has 5 nitrogen and oxygen atoms in total. The smallest absolute Gasteiger partial charge is 0.255 e. The van der Waals surface area contributed by atoms with Crippen LogP contribution in [0.4, 0.5) is 0 Å². The highest BCUT2D eigenvalue weighted by Crippen LogP contribution is 2.23. The lowest BCUT2D eigenvalue weighted by Crippen LogP contribution is -2.37. The molecule has 0 spiro atoms. The van der Waals surface area contributed by atoms with Crippen LogP contribution in [0.3, 0.4) is 0 Å². The minimum atomic E-state index is -0.00280. The fourth-order valence-corrected chi connectivity index (χ4v) is 3.84. The van der Waals surface area contributed by atoms with Gasteiger partial charge < -0.3 is 9.72 Å². The first-order valence-electron chi connectivity index (χ1n) is 7.97. The van der Waals surface area contributed by atoms with Crippen molar-refractivity contribution in [1.29, 1.82) is 0 Å². The molecule has 0 unspecified atom stereocenters. The molecule has 0 saturated heterocycles. The number of ether oxygens (including phenoxy) is 1. The quantitative estimate of drug-likeness (QED) is 0.940. The summed E-state index contributed by atoms with van der Waals surface area (Å²) in [5, 5.41) is 2.00. The third-order valence-electron chi connectivity index (χ3n) is 4.34. The first-order valence-corrected chi connectivity index (χ1v) is 8.85. The van der Waals surface area contributed by atoms with E-state index in [2.05, 4.69) is 14.9 Å². The minimum Gasteiger partial charge on any atom is -0.501 e. The SMILES string of the molecule is O=c1[nH]c(-c2cccs2)nc2c1CN(CC1=COCCC1)CC2. The van der Waals surface area contributed by atoms with Crippen LogP contribution in [-0.4, -0.2) is 34.6 Å². The number of rotatable bonds is 3. The molecule has 1 N–H and O–H groups in total. The van der Waals surface area contributed by atoms with Crippen LogP contribution in [0.5, 0.6) is 0 Å². The summed E-state index contributed by atoms with van der Waals surface area (Å²) in [4.78, 5) is 23.4. The topological polar surface area (TPSA) is 58.2 Å². The summed E-state index contributed by atoms with van der Waals surface area (Å²) < 4.78 is 5.41. The predicted molar refractivity (Wildman–Crippen MR) is 90.4 cm³/mol. The van der Waals surface area contributed by atoms with Crippen LogP contribution < -0.4 is 5.56 Å². The van der Waals surface area contributed by atoms with E-state index in [0.717, 1.165) is 55.1 Å². The molecule has 23 heavy (non-hydrogen) atoms. The van der Waals surface area contributed by atoms with Gasteiger partial charge in [-0.2, -0.15) is 0 Å². The van der Waals surface area contributed by atoms with Crippen molar-refractivity contribution in [2.45, 2.75) is 25.8 Å². The average Bonchev–Trinajstić information content (AvgIpc) is 3.11. The van der Waals surface area contributed by atoms with Crippen molar-refractivity contribution >= 4 is 11.3 Å². The number of nitrogens with zero attached hydrogens (tertiary/aromatic N) is 2. The number of aromatic amines is 1. The summed E-state index contributed by atoms with van der Waals surface area (Å²) in [6.07, 6.45) is 4.89. The van der Waals surface area contributed by atoms with Gasteiger partial charge in [-0.05, 0) is 29.9 Å². The van der Waals surface area contributed by atoms with E-state index >= 15 is 0 Å². The third-order valence-corrected chi connectivity index (χ3v) is 5.22. The van der Waals surface area contributed by atoms with Gasteiger partial charge in [0.15, 0.2) is 5.82 Å². The maximum absolute atomic E-state index is 12.5. The zero-order valence-corrected chi connectivity index (χ0v) is 13.7. The highest BCUT2D eigenvalue weighted by molar-refractivity contribution is 7.13. The summed E-state index contributed by atoms with van der Waals surface area (Å²) in [6.45, 7) is 3.30. The molecule has 4 heterocycles. The van der Waals surface area contributed by atoms with Crippen LogP contribution in [0.15, 0.2) is 34.1 Å². The molecule has 0 atom stereocenters. The van der Waals surface area contributed by atoms with Crippen molar-refractivity contribution in [3.05, 3.63) is 51.0 Å². The molecule has 120 valence electrons. The van der Waals surface area contributed by atoms with Gasteiger partial charge in [0.2, 0.25) is 0 Å². The number of fused-ring (bicyclic) bond motifs is 1. The molecule has 2 aliphatic heterocycles. The molecular formula is C17H19N3O2S. The van der Waals surface area contributed by atoms with Crippen LogP contribution >= 0.6 is 11.3 Å². The van der Waals surface area contributed by atoms with Crippen molar-refractivity contribution in [2.75, 3.05) is 19.7 Å². The van der Waals surface area contributed by atoms with Crippen LogP contribution in [-0.2, 0) is 17.7 Å². The van der Waals surface area contributed by atoms with Gasteiger partial charge in [0, 0.05) is 26.1 Å². The molecule has 2 aromatic rings. The van der Waals surface area contributed by atoms with Gasteiger partial charge in [-0.15, -0.1) is 11.3 Å². The number of hydrogen-bond donors (Lipinski definition) is 1. The second-order valence-corrected chi connectivity index (χ2v) is 6.98. The molecule has 4 rings (SSSR count). The molecular weight excluding hydrogens is 310 g/mol. The van der Waals surface area contributed by atoms with E-state index in [1.807, 2.05) is 23.8 Å². The molecule has 0 radical (unpaired) electrons. The largest absolute Gasteiger partial charge is 0.501 e. The number of hydrogen-bond acceptors (Lipinski definition) is 5. The Bertz CT molecular complexity index is 780. The van der Waals surface area contributed by atoms with Gasteiger partial charge >= 0.3 is 0 Å². The van der Waals surface area contributed by atoms with Gasteiger partial charge in [0.1, 0.15) is 0 Å². The van der Waals surface area contributed by atoms with E-state index < -0.39 is 0 Å². The Morgan fingerprint density at radius 3 is 3.13 bits per heavy atom. The van der Waals surface area contributed by atoms with E-state index in [9.17, 15) is 4.79 Å². The van der Waals surface area contributed by atoms with Crippen LogP contribution in [0.2, 0.25) is 0 Å². The molecule has 0 fully saturated rings. The van der Waals surface area contributed by atoms with Gasteiger partial charge in [-0.3, -0.25) is 9.69 Å². The van der Waals surface area contributed by atoms with E-state index in [0.29, 0.717) is 12.4 Å². The standard InChI is InChI=1S/C17H19N3O2S/c21-17-13-10-20(9-12-3-1-7-22-11-12)6-5-14(13)18-16(19-17)15-4-2-8-23-15/h2,4,8,11H,1,3,5-7,9-10H2,(H,18,19,21). The second kappa shape index (κ2) is 6.29. The summed E-state index contributed by atoms with van der Waals surface area (Å²) in [7, 11) is 0. The fraction of sp³-hybridized carbons (Fsp3) is 0.412. The second-order valence-electron chi connectivity index (χ2n) is 6.03. The molecule has 0 bridgehead atoms. The maximum Gasteiger partial charge on any atom is 0.255 e. The molecule has 0 aromatic carbocycles. The Kier molecular flexibility index (Phi) is 4.01. The fourth-order valence-electron chi connectivity index (χ4n) is 3.17. The summed E-state index contributed by atoms with van der Waals surface area (Å²) in [6, 6.07) is 3.96. The highest BCUT2D eigenvalue weighted by Gasteiger charge is 2.22. The van der Waals surface area contributed by atoms with Crippen molar-refractivity contribution < 1.29 is 4.74 Å². The molecule has 2 aliphatic rings. The highest BCUT2D eigenvalue weighted by atomic mass is 32.1. The van der Waals surface area contributed by atoms with E-state index in [-0.39, 0.29) is 5.56 Å². The third kappa shape index (κ3) is 3.09. The van der Waals surface area contributed by atoms with Crippen molar-refractivity contribution in [3.63, 3.8) is 0 Å². The molecule has 0 saturated carbocycles. The Labute approximate surface area is 138 Å². The van der Waals surface area contributed by atoms with E-state index in [1.165, 1.54) is 5.57 Å². The van der Waals surface area contributed by atoms with Crippen molar-refractivity contribution in [3.8, 4) is 10.7 Å². The van der Waals surface area contributed by atoms with E-state index in [4.69, 9.17) is 4.74 Å². The Morgan fingerprint density at radius 2 is 2.35 bits per heavy atom. The molecule has 0 aliphatic carbocycles. The van der Waals surface area contributed by atoms with Crippen molar-refractivity contribution in [2.24, 2.45) is 0 Å². The molecule has 6 heteroatoms. The van der Waals surface area contributed by atoms with Crippen LogP contribution in [0.25, 0.3) is 10.7 Å². The number of aromatic nitrogens is 2. The zero-order chi connectivity index (χ0) is 15.6. The average molecular weight is 329 g/mol. The van der Waals surface area contributed by atoms with E-state index in [1.54, 1.807) is 11.3 Å². The number of thiophene rings is 1. The Balaban J connectivity index is 1.55.